The summed E-state index contributed by atoms with van der Waals surface area (Å²) in [6.45, 7) is 3.92. The number of benzene rings is 2. The summed E-state index contributed by atoms with van der Waals surface area (Å²) in [6, 6.07) is 10.8. The van der Waals surface area contributed by atoms with Crippen LogP contribution in [-0.2, 0) is 9.53 Å². The standard InChI is InChI=1S/C26H26N2O7/c1-14(2)34-18-8-7-15-9-16(24(33-6)27-19(15)13-18)10-20-26(29)35-25(28-20)17-11-21(30-3)23(32-5)22(12-17)31-4/h7-14H,1-6H3/b20-10-. The van der Waals surface area contributed by atoms with Gasteiger partial charge in [-0.25, -0.2) is 14.8 Å². The maximum absolute atomic E-state index is 12.6. The molecule has 2 aromatic carbocycles. The third-order valence-electron chi connectivity index (χ3n) is 5.17. The monoisotopic (exact) mass is 478 g/mol. The van der Waals surface area contributed by atoms with Crippen molar-refractivity contribution < 1.29 is 33.2 Å². The Morgan fingerprint density at radius 1 is 0.914 bits per heavy atom. The van der Waals surface area contributed by atoms with E-state index in [9.17, 15) is 4.79 Å². The summed E-state index contributed by atoms with van der Waals surface area (Å²) in [6.07, 6.45) is 1.63. The van der Waals surface area contributed by atoms with E-state index in [0.717, 1.165) is 5.39 Å². The van der Waals surface area contributed by atoms with Crippen LogP contribution >= 0.6 is 0 Å². The third-order valence-corrected chi connectivity index (χ3v) is 5.17. The lowest BCUT2D eigenvalue weighted by Gasteiger charge is -2.13. The molecule has 0 amide bonds. The molecule has 0 radical (unpaired) electrons. The molecule has 0 bridgehead atoms. The fraction of sp³-hybridized carbons (Fsp3) is 0.269. The van der Waals surface area contributed by atoms with Crippen molar-refractivity contribution in [2.24, 2.45) is 4.99 Å². The number of hydrogen-bond donors (Lipinski definition) is 0. The molecule has 4 rings (SSSR count). The van der Waals surface area contributed by atoms with Crippen LogP contribution in [0.15, 0.2) is 47.1 Å². The van der Waals surface area contributed by atoms with E-state index in [-0.39, 0.29) is 17.7 Å². The fourth-order valence-electron chi connectivity index (χ4n) is 3.64. The molecule has 0 fully saturated rings. The second-order valence-electron chi connectivity index (χ2n) is 7.86. The molecule has 35 heavy (non-hydrogen) atoms. The van der Waals surface area contributed by atoms with Crippen LogP contribution < -0.4 is 23.7 Å². The van der Waals surface area contributed by atoms with Gasteiger partial charge in [-0.2, -0.15) is 0 Å². The molecule has 0 N–H and O–H groups in total. The summed E-state index contributed by atoms with van der Waals surface area (Å²) in [7, 11) is 6.04. The van der Waals surface area contributed by atoms with Crippen LogP contribution in [0.4, 0.5) is 0 Å². The molecular weight excluding hydrogens is 452 g/mol. The average molecular weight is 479 g/mol. The van der Waals surface area contributed by atoms with E-state index in [0.29, 0.717) is 45.5 Å². The summed E-state index contributed by atoms with van der Waals surface area (Å²) >= 11 is 0. The number of aromatic nitrogens is 1. The predicted molar refractivity (Wildman–Crippen MR) is 131 cm³/mol. The van der Waals surface area contributed by atoms with E-state index in [1.54, 1.807) is 18.2 Å². The van der Waals surface area contributed by atoms with Crippen molar-refractivity contribution in [2.45, 2.75) is 20.0 Å². The van der Waals surface area contributed by atoms with Gasteiger partial charge in [-0.3, -0.25) is 0 Å². The Hall–Kier alpha value is -4.27. The van der Waals surface area contributed by atoms with E-state index in [2.05, 4.69) is 9.98 Å². The fourth-order valence-corrected chi connectivity index (χ4v) is 3.64. The molecule has 0 atom stereocenters. The number of cyclic esters (lactones) is 1. The van der Waals surface area contributed by atoms with Crippen molar-refractivity contribution >= 4 is 28.8 Å². The van der Waals surface area contributed by atoms with Gasteiger partial charge in [0.2, 0.25) is 17.5 Å². The second-order valence-corrected chi connectivity index (χ2v) is 7.86. The van der Waals surface area contributed by atoms with Crippen LogP contribution in [0.25, 0.3) is 17.0 Å². The van der Waals surface area contributed by atoms with Crippen LogP contribution in [-0.4, -0.2) is 51.4 Å². The first-order valence-corrected chi connectivity index (χ1v) is 10.8. The minimum Gasteiger partial charge on any atom is -0.493 e. The van der Waals surface area contributed by atoms with Gasteiger partial charge in [-0.1, -0.05) is 0 Å². The normalized spacial score (nSPS) is 14.2. The number of esters is 1. The van der Waals surface area contributed by atoms with Gasteiger partial charge in [0.1, 0.15) is 5.75 Å². The summed E-state index contributed by atoms with van der Waals surface area (Å²) in [5.74, 6) is 1.83. The van der Waals surface area contributed by atoms with E-state index < -0.39 is 5.97 Å². The Kier molecular flexibility index (Phi) is 6.77. The van der Waals surface area contributed by atoms with Gasteiger partial charge in [0.05, 0.1) is 40.1 Å². The highest BCUT2D eigenvalue weighted by Crippen LogP contribution is 2.39. The van der Waals surface area contributed by atoms with Crippen LogP contribution in [0.3, 0.4) is 0 Å². The molecule has 9 heteroatoms. The van der Waals surface area contributed by atoms with Crippen LogP contribution in [0, 0.1) is 0 Å². The zero-order chi connectivity index (χ0) is 25.1. The highest BCUT2D eigenvalue weighted by molar-refractivity contribution is 6.13. The Morgan fingerprint density at radius 2 is 1.63 bits per heavy atom. The topological polar surface area (TPSA) is 97.7 Å². The molecule has 9 nitrogen and oxygen atoms in total. The molecule has 1 aliphatic rings. The Labute approximate surface area is 202 Å². The summed E-state index contributed by atoms with van der Waals surface area (Å²) in [5, 5.41) is 0.856. The largest absolute Gasteiger partial charge is 0.493 e. The van der Waals surface area contributed by atoms with Crippen molar-refractivity contribution in [3.05, 3.63) is 53.2 Å². The lowest BCUT2D eigenvalue weighted by atomic mass is 10.1. The first-order chi connectivity index (χ1) is 16.9. The zero-order valence-corrected chi connectivity index (χ0v) is 20.4. The van der Waals surface area contributed by atoms with Gasteiger partial charge >= 0.3 is 5.97 Å². The summed E-state index contributed by atoms with van der Waals surface area (Å²) in [5.41, 5.74) is 1.89. The zero-order valence-electron chi connectivity index (χ0n) is 20.4. The number of ether oxygens (including phenoxy) is 6. The van der Waals surface area contributed by atoms with E-state index >= 15 is 0 Å². The Balaban J connectivity index is 1.74. The predicted octanol–water partition coefficient (Wildman–Crippen LogP) is 4.40. The van der Waals surface area contributed by atoms with Crippen molar-refractivity contribution in [2.75, 3.05) is 28.4 Å². The number of nitrogens with zero attached hydrogens (tertiary/aromatic N) is 2. The molecule has 0 unspecified atom stereocenters. The number of carbonyl (C=O) groups excluding carboxylic acids is 1. The first-order valence-electron chi connectivity index (χ1n) is 10.8. The SMILES string of the molecule is COc1cc(C2=N/C(=C\c3cc4ccc(OC(C)C)cc4nc3OC)C(=O)O2)cc(OC)c1OC. The lowest BCUT2D eigenvalue weighted by Crippen LogP contribution is -2.07. The molecule has 2 heterocycles. The molecule has 0 saturated heterocycles. The van der Waals surface area contributed by atoms with Gasteiger partial charge < -0.3 is 28.4 Å². The molecule has 1 aromatic heterocycles. The van der Waals surface area contributed by atoms with Gasteiger partial charge in [0.25, 0.3) is 0 Å². The first kappa shape index (κ1) is 23.9. The number of carbonyl (C=O) groups is 1. The number of fused-ring (bicyclic) bond motifs is 1. The molecule has 3 aromatic rings. The van der Waals surface area contributed by atoms with Crippen LogP contribution in [0.1, 0.15) is 25.0 Å². The maximum Gasteiger partial charge on any atom is 0.363 e. The Morgan fingerprint density at radius 3 is 2.23 bits per heavy atom. The number of methoxy groups -OCH3 is 4. The molecule has 0 spiro atoms. The third kappa shape index (κ3) is 4.84. The highest BCUT2D eigenvalue weighted by atomic mass is 16.6. The maximum atomic E-state index is 12.6. The van der Waals surface area contributed by atoms with Gasteiger partial charge in [0, 0.05) is 22.6 Å². The molecular formula is C26H26N2O7. The van der Waals surface area contributed by atoms with E-state index in [4.69, 9.17) is 28.4 Å². The van der Waals surface area contributed by atoms with E-state index in [1.807, 2.05) is 38.1 Å². The second kappa shape index (κ2) is 9.92. The van der Waals surface area contributed by atoms with Gasteiger partial charge in [-0.15, -0.1) is 0 Å². The smallest absolute Gasteiger partial charge is 0.363 e. The summed E-state index contributed by atoms with van der Waals surface area (Å²) in [4.78, 5) is 21.6. The minimum atomic E-state index is -0.600. The number of aliphatic imine (C=N–C) groups is 1. The van der Waals surface area contributed by atoms with Gasteiger partial charge in [0.15, 0.2) is 17.2 Å². The van der Waals surface area contributed by atoms with Crippen molar-refractivity contribution in [1.82, 2.24) is 4.98 Å². The number of rotatable bonds is 8. The van der Waals surface area contributed by atoms with Crippen LogP contribution in [0.5, 0.6) is 28.9 Å². The van der Waals surface area contributed by atoms with Crippen LogP contribution in [0.2, 0.25) is 0 Å². The van der Waals surface area contributed by atoms with Crippen molar-refractivity contribution in [3.63, 3.8) is 0 Å². The van der Waals surface area contributed by atoms with Gasteiger partial charge in [-0.05, 0) is 50.3 Å². The average Bonchev–Trinajstić information content (AvgIpc) is 3.22. The number of pyridine rings is 1. The lowest BCUT2D eigenvalue weighted by molar-refractivity contribution is -0.129. The highest BCUT2D eigenvalue weighted by Gasteiger charge is 2.27. The molecule has 1 aliphatic heterocycles. The minimum absolute atomic E-state index is 0.0458. The summed E-state index contributed by atoms with van der Waals surface area (Å²) < 4.78 is 32.8. The van der Waals surface area contributed by atoms with Crippen molar-refractivity contribution in [3.8, 4) is 28.9 Å². The Bertz CT molecular complexity index is 1320. The van der Waals surface area contributed by atoms with E-state index in [1.165, 1.54) is 28.4 Å². The number of hydrogen-bond acceptors (Lipinski definition) is 9. The quantitative estimate of drug-likeness (QED) is 0.347. The molecule has 0 aliphatic carbocycles. The molecule has 0 saturated carbocycles. The molecule has 182 valence electrons. The van der Waals surface area contributed by atoms with Crippen molar-refractivity contribution in [1.29, 1.82) is 0 Å².